The molecule has 0 bridgehead atoms. The second-order valence-electron chi connectivity index (χ2n) is 17.3. The molecule has 0 fully saturated rings. The van der Waals surface area contributed by atoms with Gasteiger partial charge in [0, 0.05) is 54.5 Å². The molecule has 0 N–H and O–H groups in total. The van der Waals surface area contributed by atoms with E-state index in [-0.39, 0.29) is 0 Å². The first-order valence-corrected chi connectivity index (χ1v) is 21.7. The molecule has 4 nitrogen and oxygen atoms in total. The smallest absolute Gasteiger partial charge is 0.135 e. The zero-order valence-corrected chi connectivity index (χ0v) is 34.0. The summed E-state index contributed by atoms with van der Waals surface area (Å²) in [4.78, 5) is 0. The zero-order chi connectivity index (χ0) is 40.6. The SMILES string of the molecule is CC1c2ccccc2-c2ccccc2CC1c1ccc2c(c1)c1cc3c4ccccc4n(-c4ccc5oc6ccccc6c5c4)c3cc1n2-c1ccc2oc3ccccc3c2c1. The van der Waals surface area contributed by atoms with Gasteiger partial charge in [-0.1, -0.05) is 116 Å². The second kappa shape index (κ2) is 12.6. The second-order valence-corrected chi connectivity index (χ2v) is 17.3. The lowest BCUT2D eigenvalue weighted by Gasteiger charge is -2.24. The molecule has 2 unspecified atom stereocenters. The van der Waals surface area contributed by atoms with Crippen molar-refractivity contribution in [2.45, 2.75) is 25.2 Å². The van der Waals surface area contributed by atoms with E-state index in [4.69, 9.17) is 8.83 Å². The third-order valence-electron chi connectivity index (χ3n) is 14.1. The van der Waals surface area contributed by atoms with E-state index in [1.165, 1.54) is 65.9 Å². The Kier molecular flexibility index (Phi) is 6.90. The van der Waals surface area contributed by atoms with Gasteiger partial charge < -0.3 is 18.0 Å². The monoisotopic (exact) mass is 794 g/mol. The summed E-state index contributed by atoms with van der Waals surface area (Å²) >= 11 is 0. The van der Waals surface area contributed by atoms with Crippen molar-refractivity contribution in [2.24, 2.45) is 0 Å². The first-order valence-electron chi connectivity index (χ1n) is 21.7. The summed E-state index contributed by atoms with van der Waals surface area (Å²) in [6, 6.07) is 69.0. The molecule has 13 aromatic rings. The van der Waals surface area contributed by atoms with Gasteiger partial charge in [-0.2, -0.15) is 0 Å². The molecule has 2 atom stereocenters. The molecule has 1 aliphatic carbocycles. The van der Waals surface area contributed by atoms with Crippen molar-refractivity contribution >= 4 is 87.5 Å². The summed E-state index contributed by atoms with van der Waals surface area (Å²) in [6.07, 6.45) is 0.981. The quantitative estimate of drug-likeness (QED) is 0.179. The Hall–Kier alpha value is -7.82. The van der Waals surface area contributed by atoms with Crippen LogP contribution in [-0.2, 0) is 6.42 Å². The molecule has 1 aliphatic rings. The van der Waals surface area contributed by atoms with Crippen molar-refractivity contribution in [1.29, 1.82) is 0 Å². The van der Waals surface area contributed by atoms with E-state index in [2.05, 4.69) is 192 Å². The Labute approximate surface area is 356 Å². The van der Waals surface area contributed by atoms with Crippen LogP contribution >= 0.6 is 0 Å². The van der Waals surface area contributed by atoms with Crippen LogP contribution in [0.2, 0.25) is 0 Å². The maximum atomic E-state index is 6.34. The van der Waals surface area contributed by atoms with Crippen molar-refractivity contribution in [2.75, 3.05) is 0 Å². The molecule has 14 rings (SSSR count). The van der Waals surface area contributed by atoms with E-state index < -0.39 is 0 Å². The molecule has 0 aliphatic heterocycles. The third-order valence-corrected chi connectivity index (χ3v) is 14.1. The molecule has 292 valence electrons. The molecular weight excluding hydrogens is 757 g/mol. The van der Waals surface area contributed by atoms with Crippen LogP contribution in [0.4, 0.5) is 0 Å². The zero-order valence-electron chi connectivity index (χ0n) is 34.0. The Balaban J connectivity index is 1.06. The number of rotatable bonds is 3. The lowest BCUT2D eigenvalue weighted by molar-refractivity contribution is 0.580. The van der Waals surface area contributed by atoms with Crippen LogP contribution in [0.5, 0.6) is 0 Å². The average molecular weight is 795 g/mol. The van der Waals surface area contributed by atoms with E-state index in [1.54, 1.807) is 0 Å². The van der Waals surface area contributed by atoms with Crippen LogP contribution in [0, 0.1) is 0 Å². The molecule has 0 radical (unpaired) electrons. The van der Waals surface area contributed by atoms with Crippen LogP contribution in [0.3, 0.4) is 0 Å². The Morgan fingerprint density at radius 1 is 0.387 bits per heavy atom. The summed E-state index contributed by atoms with van der Waals surface area (Å²) in [7, 11) is 0. The lowest BCUT2D eigenvalue weighted by Crippen LogP contribution is -2.10. The standard InChI is InChI=1S/C58H38N2O2/c1-34-39-13-4-5-15-41(39)40-14-3-2-12-35(40)28-45(34)36-22-25-52-46(29-36)48-32-47-42-16-6-9-19-51(42)59(37-23-26-57-49(30-37)43-17-7-10-20-55(43)61-57)53(47)33-54(48)60(52)38-24-27-58-50(31-38)44-18-8-11-21-56(44)62-58/h2-27,29-34,45H,28H2,1H3. The van der Waals surface area contributed by atoms with Gasteiger partial charge in [0.1, 0.15) is 22.3 Å². The average Bonchev–Trinajstić information content (AvgIpc) is 4.05. The summed E-state index contributed by atoms with van der Waals surface area (Å²) < 4.78 is 17.5. The fourth-order valence-electron chi connectivity index (χ4n) is 11.1. The lowest BCUT2D eigenvalue weighted by atomic mass is 9.80. The van der Waals surface area contributed by atoms with E-state index in [0.717, 1.165) is 67.2 Å². The summed E-state index contributed by atoms with van der Waals surface area (Å²) in [5.41, 5.74) is 17.4. The first kappa shape index (κ1) is 34.0. The van der Waals surface area contributed by atoms with Crippen LogP contribution in [-0.4, -0.2) is 9.13 Å². The summed E-state index contributed by atoms with van der Waals surface area (Å²) in [5, 5.41) is 9.45. The van der Waals surface area contributed by atoms with Gasteiger partial charge in [0.2, 0.25) is 0 Å². The number of aromatic nitrogens is 2. The van der Waals surface area contributed by atoms with Gasteiger partial charge in [-0.3, -0.25) is 0 Å². The highest BCUT2D eigenvalue weighted by molar-refractivity contribution is 6.20. The largest absolute Gasteiger partial charge is 0.456 e. The first-order chi connectivity index (χ1) is 30.6. The highest BCUT2D eigenvalue weighted by Crippen LogP contribution is 2.47. The fourth-order valence-corrected chi connectivity index (χ4v) is 11.1. The van der Waals surface area contributed by atoms with Gasteiger partial charge >= 0.3 is 0 Å². The van der Waals surface area contributed by atoms with Crippen LogP contribution in [0.25, 0.3) is 110 Å². The number of benzene rings is 9. The molecule has 0 saturated carbocycles. The molecule has 62 heavy (non-hydrogen) atoms. The Morgan fingerprint density at radius 2 is 0.919 bits per heavy atom. The van der Waals surface area contributed by atoms with Gasteiger partial charge in [-0.15, -0.1) is 0 Å². The van der Waals surface area contributed by atoms with Crippen LogP contribution in [0.15, 0.2) is 197 Å². The van der Waals surface area contributed by atoms with Crippen LogP contribution in [0.1, 0.15) is 35.4 Å². The highest BCUT2D eigenvalue weighted by Gasteiger charge is 2.29. The third kappa shape index (κ3) is 4.72. The predicted octanol–water partition coefficient (Wildman–Crippen LogP) is 15.8. The van der Waals surface area contributed by atoms with E-state index >= 15 is 0 Å². The van der Waals surface area contributed by atoms with Gasteiger partial charge in [0.25, 0.3) is 0 Å². The van der Waals surface area contributed by atoms with Crippen LogP contribution < -0.4 is 0 Å². The predicted molar refractivity (Wildman–Crippen MR) is 256 cm³/mol. The number of furan rings is 2. The molecule has 4 heteroatoms. The van der Waals surface area contributed by atoms with Crippen molar-refractivity contribution in [3.05, 3.63) is 205 Å². The molecule has 0 amide bonds. The van der Waals surface area contributed by atoms with Gasteiger partial charge in [-0.25, -0.2) is 0 Å². The number of hydrogen-bond acceptors (Lipinski definition) is 2. The van der Waals surface area contributed by atoms with E-state index in [1.807, 2.05) is 12.1 Å². The highest BCUT2D eigenvalue weighted by atomic mass is 16.3. The minimum atomic E-state index is 0.302. The fraction of sp³-hybridized carbons (Fsp3) is 0.0690. The number of para-hydroxylation sites is 3. The minimum absolute atomic E-state index is 0.302. The van der Waals surface area contributed by atoms with Crippen molar-refractivity contribution in [3.8, 4) is 22.5 Å². The molecule has 0 saturated heterocycles. The van der Waals surface area contributed by atoms with E-state index in [9.17, 15) is 0 Å². The minimum Gasteiger partial charge on any atom is -0.456 e. The number of hydrogen-bond donors (Lipinski definition) is 0. The molecule has 0 spiro atoms. The normalized spacial score (nSPS) is 15.4. The van der Waals surface area contributed by atoms with Crippen molar-refractivity contribution in [3.63, 3.8) is 0 Å². The van der Waals surface area contributed by atoms with E-state index in [0.29, 0.717) is 11.8 Å². The number of nitrogens with zero attached hydrogens (tertiary/aromatic N) is 2. The Bertz CT molecular complexity index is 4000. The summed E-state index contributed by atoms with van der Waals surface area (Å²) in [5.74, 6) is 0.631. The molecular formula is C58H38N2O2. The molecule has 4 heterocycles. The Morgan fingerprint density at radius 3 is 1.63 bits per heavy atom. The summed E-state index contributed by atoms with van der Waals surface area (Å²) in [6.45, 7) is 2.43. The topological polar surface area (TPSA) is 36.1 Å². The maximum absolute atomic E-state index is 6.34. The van der Waals surface area contributed by atoms with Gasteiger partial charge in [0.15, 0.2) is 0 Å². The molecule has 4 aromatic heterocycles. The van der Waals surface area contributed by atoms with Gasteiger partial charge in [0.05, 0.1) is 22.1 Å². The van der Waals surface area contributed by atoms with Crippen molar-refractivity contribution < 1.29 is 8.83 Å². The maximum Gasteiger partial charge on any atom is 0.135 e. The number of fused-ring (bicyclic) bond motifs is 15. The van der Waals surface area contributed by atoms with Gasteiger partial charge in [-0.05, 0) is 125 Å². The van der Waals surface area contributed by atoms with Crippen molar-refractivity contribution in [1.82, 2.24) is 9.13 Å². The molecule has 9 aromatic carbocycles.